The van der Waals surface area contributed by atoms with Gasteiger partial charge in [0.05, 0.1) is 5.75 Å². The van der Waals surface area contributed by atoms with Crippen molar-refractivity contribution in [2.24, 2.45) is 5.92 Å². The summed E-state index contributed by atoms with van der Waals surface area (Å²) >= 11 is 0. The SMILES string of the molecule is CCS(=O)(=O)N1CCC(NC(=O)C2CCC2)CC1. The largest absolute Gasteiger partial charge is 0.353 e. The summed E-state index contributed by atoms with van der Waals surface area (Å²) in [4.78, 5) is 11.8. The van der Waals surface area contributed by atoms with Crippen LogP contribution in [0, 0.1) is 5.92 Å². The third-order valence-electron chi connectivity index (χ3n) is 4.03. The molecule has 2 rings (SSSR count). The van der Waals surface area contributed by atoms with E-state index in [0.717, 1.165) is 32.1 Å². The van der Waals surface area contributed by atoms with Crippen LogP contribution >= 0.6 is 0 Å². The van der Waals surface area contributed by atoms with E-state index in [0.29, 0.717) is 13.1 Å². The minimum absolute atomic E-state index is 0.154. The van der Waals surface area contributed by atoms with Crippen LogP contribution in [-0.4, -0.2) is 43.5 Å². The van der Waals surface area contributed by atoms with E-state index in [4.69, 9.17) is 0 Å². The number of nitrogens with one attached hydrogen (secondary N) is 1. The molecule has 5 nitrogen and oxygen atoms in total. The van der Waals surface area contributed by atoms with Crippen molar-refractivity contribution in [2.45, 2.75) is 45.1 Å². The first-order valence-corrected chi connectivity index (χ1v) is 8.42. The van der Waals surface area contributed by atoms with Crippen LogP contribution in [0.25, 0.3) is 0 Å². The fraction of sp³-hybridized carbons (Fsp3) is 0.917. The molecule has 0 atom stereocenters. The highest BCUT2D eigenvalue weighted by Crippen LogP contribution is 2.26. The first-order chi connectivity index (χ1) is 8.53. The number of rotatable bonds is 4. The summed E-state index contributed by atoms with van der Waals surface area (Å²) in [5, 5.41) is 3.05. The zero-order valence-corrected chi connectivity index (χ0v) is 11.7. The fourth-order valence-corrected chi connectivity index (χ4v) is 3.58. The Balaban J connectivity index is 1.78. The van der Waals surface area contributed by atoms with Crippen LogP contribution in [-0.2, 0) is 14.8 Å². The molecule has 104 valence electrons. The van der Waals surface area contributed by atoms with Crippen molar-refractivity contribution in [2.75, 3.05) is 18.8 Å². The van der Waals surface area contributed by atoms with Crippen molar-refractivity contribution in [3.8, 4) is 0 Å². The molecule has 1 aliphatic heterocycles. The lowest BCUT2D eigenvalue weighted by Crippen LogP contribution is -2.48. The summed E-state index contributed by atoms with van der Waals surface area (Å²) in [5.74, 6) is 0.534. The topological polar surface area (TPSA) is 66.5 Å². The minimum Gasteiger partial charge on any atom is -0.353 e. The van der Waals surface area contributed by atoms with Crippen LogP contribution in [0.1, 0.15) is 39.0 Å². The first-order valence-electron chi connectivity index (χ1n) is 6.81. The Hall–Kier alpha value is -0.620. The lowest BCUT2D eigenvalue weighted by atomic mass is 9.84. The smallest absolute Gasteiger partial charge is 0.223 e. The Morgan fingerprint density at radius 2 is 1.83 bits per heavy atom. The van der Waals surface area contributed by atoms with Gasteiger partial charge in [-0.25, -0.2) is 12.7 Å². The van der Waals surface area contributed by atoms with Gasteiger partial charge in [-0.1, -0.05) is 6.42 Å². The molecular weight excluding hydrogens is 252 g/mol. The third kappa shape index (κ3) is 3.03. The van der Waals surface area contributed by atoms with Crippen molar-refractivity contribution < 1.29 is 13.2 Å². The maximum absolute atomic E-state index is 11.8. The molecule has 18 heavy (non-hydrogen) atoms. The average molecular weight is 274 g/mol. The predicted octanol–water partition coefficient (Wildman–Crippen LogP) is 0.717. The molecule has 6 heteroatoms. The van der Waals surface area contributed by atoms with E-state index in [2.05, 4.69) is 5.32 Å². The minimum atomic E-state index is -3.06. The van der Waals surface area contributed by atoms with Crippen LogP contribution in [0.15, 0.2) is 0 Å². The summed E-state index contributed by atoms with van der Waals surface area (Å²) in [7, 11) is -3.06. The maximum atomic E-state index is 11.8. The van der Waals surface area contributed by atoms with Crippen LogP contribution in [0.4, 0.5) is 0 Å². The van der Waals surface area contributed by atoms with E-state index in [1.165, 1.54) is 0 Å². The summed E-state index contributed by atoms with van der Waals surface area (Å²) in [6, 6.07) is 0.154. The Bertz CT molecular complexity index is 396. The second kappa shape index (κ2) is 5.57. The van der Waals surface area contributed by atoms with Crippen LogP contribution in [0.2, 0.25) is 0 Å². The molecule has 0 spiro atoms. The number of piperidine rings is 1. The fourth-order valence-electron chi connectivity index (χ4n) is 2.45. The molecule has 1 amide bonds. The molecular formula is C12H22N2O3S. The zero-order chi connectivity index (χ0) is 13.2. The normalized spacial score (nSPS) is 23.6. The van der Waals surface area contributed by atoms with Crippen molar-refractivity contribution in [3.05, 3.63) is 0 Å². The number of hydrogen-bond acceptors (Lipinski definition) is 3. The first kappa shape index (κ1) is 13.8. The summed E-state index contributed by atoms with van der Waals surface area (Å²) in [6.07, 6.45) is 4.64. The summed E-state index contributed by atoms with van der Waals surface area (Å²) in [6.45, 7) is 2.73. The molecule has 1 aliphatic carbocycles. The van der Waals surface area contributed by atoms with Crippen molar-refractivity contribution in [1.82, 2.24) is 9.62 Å². The molecule has 0 bridgehead atoms. The molecule has 0 aromatic carbocycles. The Morgan fingerprint density at radius 3 is 2.28 bits per heavy atom. The van der Waals surface area contributed by atoms with Gasteiger partial charge in [-0.05, 0) is 32.6 Å². The molecule has 0 radical (unpaired) electrons. The Morgan fingerprint density at radius 1 is 1.22 bits per heavy atom. The number of nitrogens with zero attached hydrogens (tertiary/aromatic N) is 1. The van der Waals surface area contributed by atoms with E-state index in [1.54, 1.807) is 11.2 Å². The lowest BCUT2D eigenvalue weighted by molar-refractivity contribution is -0.128. The molecule has 1 heterocycles. The van der Waals surface area contributed by atoms with E-state index in [1.807, 2.05) is 0 Å². The maximum Gasteiger partial charge on any atom is 0.223 e. The molecule has 2 fully saturated rings. The van der Waals surface area contributed by atoms with Gasteiger partial charge in [-0.2, -0.15) is 0 Å². The van der Waals surface area contributed by atoms with Crippen LogP contribution in [0.3, 0.4) is 0 Å². The van der Waals surface area contributed by atoms with Gasteiger partial charge in [-0.3, -0.25) is 4.79 Å². The lowest BCUT2D eigenvalue weighted by Gasteiger charge is -2.33. The summed E-state index contributed by atoms with van der Waals surface area (Å²) in [5.41, 5.74) is 0. The van der Waals surface area contributed by atoms with Gasteiger partial charge in [0.1, 0.15) is 0 Å². The van der Waals surface area contributed by atoms with E-state index >= 15 is 0 Å². The van der Waals surface area contributed by atoms with Crippen molar-refractivity contribution >= 4 is 15.9 Å². The van der Waals surface area contributed by atoms with Gasteiger partial charge in [0, 0.05) is 25.0 Å². The molecule has 0 unspecified atom stereocenters. The Kier molecular flexibility index (Phi) is 4.27. The quantitative estimate of drug-likeness (QED) is 0.821. The standard InChI is InChI=1S/C12H22N2O3S/c1-2-18(16,17)14-8-6-11(7-9-14)13-12(15)10-4-3-5-10/h10-11H,2-9H2,1H3,(H,13,15). The summed E-state index contributed by atoms with van der Waals surface area (Å²) < 4.78 is 24.9. The van der Waals surface area contributed by atoms with Crippen LogP contribution < -0.4 is 5.32 Å². The van der Waals surface area contributed by atoms with Gasteiger partial charge in [0.2, 0.25) is 15.9 Å². The van der Waals surface area contributed by atoms with Gasteiger partial charge in [0.15, 0.2) is 0 Å². The molecule has 1 N–H and O–H groups in total. The second-order valence-corrected chi connectivity index (χ2v) is 7.47. The number of carbonyl (C=O) groups excluding carboxylic acids is 1. The van der Waals surface area contributed by atoms with Crippen molar-refractivity contribution in [1.29, 1.82) is 0 Å². The number of sulfonamides is 1. The molecule has 2 aliphatic rings. The van der Waals surface area contributed by atoms with E-state index < -0.39 is 10.0 Å². The monoisotopic (exact) mass is 274 g/mol. The highest BCUT2D eigenvalue weighted by molar-refractivity contribution is 7.89. The van der Waals surface area contributed by atoms with Crippen LogP contribution in [0.5, 0.6) is 0 Å². The van der Waals surface area contributed by atoms with Gasteiger partial charge in [-0.15, -0.1) is 0 Å². The molecule has 1 saturated carbocycles. The number of amides is 1. The highest BCUT2D eigenvalue weighted by Gasteiger charge is 2.30. The second-order valence-electron chi connectivity index (χ2n) is 5.21. The Labute approximate surface area is 109 Å². The van der Waals surface area contributed by atoms with E-state index in [-0.39, 0.29) is 23.6 Å². The predicted molar refractivity (Wildman–Crippen MR) is 69.5 cm³/mol. The van der Waals surface area contributed by atoms with Gasteiger partial charge < -0.3 is 5.32 Å². The number of carbonyl (C=O) groups is 1. The molecule has 0 aromatic rings. The van der Waals surface area contributed by atoms with Crippen molar-refractivity contribution in [3.63, 3.8) is 0 Å². The molecule has 1 saturated heterocycles. The average Bonchev–Trinajstić information content (AvgIpc) is 2.27. The van der Waals surface area contributed by atoms with E-state index in [9.17, 15) is 13.2 Å². The highest BCUT2D eigenvalue weighted by atomic mass is 32.2. The third-order valence-corrected chi connectivity index (χ3v) is 5.92. The van der Waals surface area contributed by atoms with Gasteiger partial charge >= 0.3 is 0 Å². The zero-order valence-electron chi connectivity index (χ0n) is 10.9. The molecule has 0 aromatic heterocycles. The number of hydrogen-bond donors (Lipinski definition) is 1. The van der Waals surface area contributed by atoms with Gasteiger partial charge in [0.25, 0.3) is 0 Å².